The van der Waals surface area contributed by atoms with Gasteiger partial charge in [-0.1, -0.05) is 41.9 Å². The van der Waals surface area contributed by atoms with Crippen molar-refractivity contribution in [1.82, 2.24) is 19.6 Å². The lowest BCUT2D eigenvalue weighted by Crippen LogP contribution is -2.18. The zero-order chi connectivity index (χ0) is 14.8. The van der Waals surface area contributed by atoms with E-state index in [-0.39, 0.29) is 12.6 Å². The molecule has 0 saturated heterocycles. The molecule has 1 unspecified atom stereocenters. The molecule has 0 aliphatic rings. The van der Waals surface area contributed by atoms with Crippen LogP contribution in [0.5, 0.6) is 0 Å². The third-order valence-corrected chi connectivity index (χ3v) is 3.67. The van der Waals surface area contributed by atoms with Gasteiger partial charge in [-0.2, -0.15) is 19.6 Å². The zero-order valence-electron chi connectivity index (χ0n) is 11.4. The molecular formula is C14H14ClN5O. The lowest BCUT2D eigenvalue weighted by molar-refractivity contribution is 0.276. The van der Waals surface area contributed by atoms with Gasteiger partial charge >= 0.3 is 0 Å². The highest BCUT2D eigenvalue weighted by molar-refractivity contribution is 6.30. The van der Waals surface area contributed by atoms with E-state index in [9.17, 15) is 5.11 Å². The van der Waals surface area contributed by atoms with Gasteiger partial charge in [-0.25, -0.2) is 0 Å². The number of fused-ring (bicyclic) bond motifs is 1. The van der Waals surface area contributed by atoms with Gasteiger partial charge in [0.25, 0.3) is 5.78 Å². The van der Waals surface area contributed by atoms with Crippen molar-refractivity contribution in [3.05, 3.63) is 52.9 Å². The number of nitrogens with one attached hydrogen (secondary N) is 1. The van der Waals surface area contributed by atoms with Gasteiger partial charge in [0.15, 0.2) is 0 Å². The van der Waals surface area contributed by atoms with Gasteiger partial charge in [-0.3, -0.25) is 0 Å². The normalized spacial score (nSPS) is 12.5. The molecule has 1 aromatic carbocycles. The average Bonchev–Trinajstić information content (AvgIpc) is 2.97. The summed E-state index contributed by atoms with van der Waals surface area (Å²) in [6.07, 6.45) is 1.42. The summed E-state index contributed by atoms with van der Waals surface area (Å²) >= 11 is 6.13. The van der Waals surface area contributed by atoms with Gasteiger partial charge in [0.05, 0.1) is 12.6 Å². The molecule has 0 fully saturated rings. The van der Waals surface area contributed by atoms with Gasteiger partial charge in [0, 0.05) is 5.56 Å². The van der Waals surface area contributed by atoms with Crippen molar-refractivity contribution in [2.24, 2.45) is 0 Å². The monoisotopic (exact) mass is 303 g/mol. The smallest absolute Gasteiger partial charge is 0.255 e. The van der Waals surface area contributed by atoms with E-state index in [0.717, 1.165) is 11.1 Å². The second kappa shape index (κ2) is 5.67. The number of aromatic nitrogens is 4. The highest BCUT2D eigenvalue weighted by Gasteiger charge is 2.17. The first-order chi connectivity index (χ1) is 10.2. The topological polar surface area (TPSA) is 75.3 Å². The van der Waals surface area contributed by atoms with Crippen molar-refractivity contribution >= 4 is 23.2 Å². The summed E-state index contributed by atoms with van der Waals surface area (Å²) in [7, 11) is 0. The first-order valence-corrected chi connectivity index (χ1v) is 6.86. The van der Waals surface area contributed by atoms with Crippen molar-refractivity contribution in [3.8, 4) is 0 Å². The fraction of sp³-hybridized carbons (Fsp3) is 0.214. The summed E-state index contributed by atoms with van der Waals surface area (Å²) in [4.78, 5) is 8.19. The van der Waals surface area contributed by atoms with E-state index in [4.69, 9.17) is 11.6 Å². The molecule has 21 heavy (non-hydrogen) atoms. The van der Waals surface area contributed by atoms with E-state index in [0.29, 0.717) is 16.7 Å². The van der Waals surface area contributed by atoms with Gasteiger partial charge < -0.3 is 10.4 Å². The molecule has 0 saturated carbocycles. The van der Waals surface area contributed by atoms with E-state index in [1.165, 1.54) is 6.33 Å². The highest BCUT2D eigenvalue weighted by Crippen LogP contribution is 2.26. The first kappa shape index (κ1) is 13.8. The van der Waals surface area contributed by atoms with Crippen LogP contribution < -0.4 is 5.32 Å². The molecule has 0 amide bonds. The molecule has 6 nitrogen and oxygen atoms in total. The molecule has 2 N–H and O–H groups in total. The average molecular weight is 304 g/mol. The molecular weight excluding hydrogens is 290 g/mol. The number of hydrogen-bond donors (Lipinski definition) is 2. The molecule has 1 atom stereocenters. The largest absolute Gasteiger partial charge is 0.394 e. The maximum absolute atomic E-state index is 9.67. The second-order valence-corrected chi connectivity index (χ2v) is 5.00. The molecule has 2 aromatic heterocycles. The minimum absolute atomic E-state index is 0.0560. The third kappa shape index (κ3) is 2.55. The summed E-state index contributed by atoms with van der Waals surface area (Å²) in [6, 6.07) is 9.42. The molecule has 0 bridgehead atoms. The maximum Gasteiger partial charge on any atom is 0.255 e. The number of aliphatic hydroxyl groups excluding tert-OH is 1. The van der Waals surface area contributed by atoms with Gasteiger partial charge in [0.2, 0.25) is 0 Å². The predicted molar refractivity (Wildman–Crippen MR) is 80.4 cm³/mol. The lowest BCUT2D eigenvalue weighted by atomic mass is 10.1. The number of halogens is 1. The summed E-state index contributed by atoms with van der Waals surface area (Å²) in [5, 5.41) is 17.4. The first-order valence-electron chi connectivity index (χ1n) is 6.49. The van der Waals surface area contributed by atoms with Gasteiger partial charge in [0.1, 0.15) is 17.3 Å². The summed E-state index contributed by atoms with van der Waals surface area (Å²) in [5.41, 5.74) is 1.73. The number of nitrogens with zero attached hydrogens (tertiary/aromatic N) is 4. The highest BCUT2D eigenvalue weighted by atomic mass is 35.5. The Bertz CT molecular complexity index is 759. The Labute approximate surface area is 126 Å². The SMILES string of the molecule is Cc1c(Cl)nc2ncnn2c1NC(CO)c1ccccc1. The van der Waals surface area contributed by atoms with Crippen LogP contribution in [0.1, 0.15) is 17.2 Å². The van der Waals surface area contributed by atoms with Crippen LogP contribution >= 0.6 is 11.6 Å². The van der Waals surface area contributed by atoms with E-state index in [1.807, 2.05) is 37.3 Å². The summed E-state index contributed by atoms with van der Waals surface area (Å²) in [6.45, 7) is 1.79. The second-order valence-electron chi connectivity index (χ2n) is 4.64. The van der Waals surface area contributed by atoms with Crippen LogP contribution in [0.15, 0.2) is 36.7 Å². The van der Waals surface area contributed by atoms with Crippen molar-refractivity contribution < 1.29 is 5.11 Å². The Kier molecular flexibility index (Phi) is 3.72. The number of rotatable bonds is 4. The molecule has 108 valence electrons. The minimum Gasteiger partial charge on any atom is -0.394 e. The van der Waals surface area contributed by atoms with E-state index in [2.05, 4.69) is 20.4 Å². The van der Waals surface area contributed by atoms with Gasteiger partial charge in [-0.05, 0) is 12.5 Å². The maximum atomic E-state index is 9.67. The van der Waals surface area contributed by atoms with Crippen LogP contribution in [-0.4, -0.2) is 31.3 Å². The Morgan fingerprint density at radius 1 is 1.33 bits per heavy atom. The standard InChI is InChI=1S/C14H14ClN5O/c1-9-12(15)19-14-16-8-17-20(14)13(9)18-11(7-21)10-5-3-2-4-6-10/h2-6,8,11,18,21H,7H2,1H3. The Hall–Kier alpha value is -2.18. The van der Waals surface area contributed by atoms with Crippen LogP contribution in [0.2, 0.25) is 5.15 Å². The van der Waals surface area contributed by atoms with Gasteiger partial charge in [-0.15, -0.1) is 0 Å². The fourth-order valence-electron chi connectivity index (χ4n) is 2.15. The Balaban J connectivity index is 2.04. The van der Waals surface area contributed by atoms with Crippen molar-refractivity contribution in [2.45, 2.75) is 13.0 Å². The van der Waals surface area contributed by atoms with E-state index in [1.54, 1.807) is 4.52 Å². The molecule has 7 heteroatoms. The van der Waals surface area contributed by atoms with E-state index < -0.39 is 0 Å². The fourth-order valence-corrected chi connectivity index (χ4v) is 2.32. The van der Waals surface area contributed by atoms with Crippen LogP contribution in [0, 0.1) is 6.92 Å². The van der Waals surface area contributed by atoms with Crippen molar-refractivity contribution in [2.75, 3.05) is 11.9 Å². The number of aliphatic hydroxyl groups is 1. The summed E-state index contributed by atoms with van der Waals surface area (Å²) < 4.78 is 1.58. The molecule has 3 aromatic rings. The molecule has 0 spiro atoms. The Morgan fingerprint density at radius 3 is 2.81 bits per heavy atom. The molecule has 0 aliphatic carbocycles. The van der Waals surface area contributed by atoms with E-state index >= 15 is 0 Å². The zero-order valence-corrected chi connectivity index (χ0v) is 12.1. The van der Waals surface area contributed by atoms with Crippen LogP contribution in [-0.2, 0) is 0 Å². The van der Waals surface area contributed by atoms with Crippen LogP contribution in [0.4, 0.5) is 5.82 Å². The molecule has 0 aliphatic heterocycles. The van der Waals surface area contributed by atoms with Crippen molar-refractivity contribution in [3.63, 3.8) is 0 Å². The third-order valence-electron chi connectivity index (χ3n) is 3.30. The van der Waals surface area contributed by atoms with Crippen LogP contribution in [0.3, 0.4) is 0 Å². The molecule has 3 rings (SSSR count). The quantitative estimate of drug-likeness (QED) is 0.723. The Morgan fingerprint density at radius 2 is 2.10 bits per heavy atom. The van der Waals surface area contributed by atoms with Crippen LogP contribution in [0.25, 0.3) is 5.78 Å². The molecule has 0 radical (unpaired) electrons. The number of anilines is 1. The number of hydrogen-bond acceptors (Lipinski definition) is 5. The molecule has 2 heterocycles. The van der Waals surface area contributed by atoms with Crippen molar-refractivity contribution in [1.29, 1.82) is 0 Å². The number of benzene rings is 1. The minimum atomic E-state index is -0.268. The lowest BCUT2D eigenvalue weighted by Gasteiger charge is -2.20. The summed E-state index contributed by atoms with van der Waals surface area (Å²) in [5.74, 6) is 1.09. The predicted octanol–water partition coefficient (Wildman–Crippen LogP) is 2.23.